The maximum absolute atomic E-state index is 11.5. The number of carbonyl (C=O) groups excluding carboxylic acids is 1. The minimum absolute atomic E-state index is 0.130. The maximum atomic E-state index is 11.5. The molecule has 1 aromatic heterocycles. The van der Waals surface area contributed by atoms with E-state index in [9.17, 15) is 4.79 Å². The highest BCUT2D eigenvalue weighted by molar-refractivity contribution is 5.96. The fourth-order valence-corrected chi connectivity index (χ4v) is 1.75. The van der Waals surface area contributed by atoms with E-state index in [1.54, 1.807) is 37.6 Å². The zero-order valence-electron chi connectivity index (χ0n) is 10.7. The molecule has 2 rings (SSSR count). The van der Waals surface area contributed by atoms with Gasteiger partial charge in [0.25, 0.3) is 5.91 Å². The number of nitrogens with two attached hydrogens (primary N) is 1. The SMILES string of the molecule is CNC(=O)c1ccc(N)c(NCCc2ncc[nH]2)c1. The van der Waals surface area contributed by atoms with E-state index in [-0.39, 0.29) is 5.91 Å². The number of hydrogen-bond acceptors (Lipinski definition) is 4. The lowest BCUT2D eigenvalue weighted by atomic mass is 10.1. The Kier molecular flexibility index (Phi) is 4.02. The summed E-state index contributed by atoms with van der Waals surface area (Å²) in [6.07, 6.45) is 4.27. The van der Waals surface area contributed by atoms with Gasteiger partial charge in [0.1, 0.15) is 5.82 Å². The van der Waals surface area contributed by atoms with Crippen molar-refractivity contribution in [1.82, 2.24) is 15.3 Å². The predicted octanol–water partition coefficient (Wildman–Crippen LogP) is 1.01. The van der Waals surface area contributed by atoms with Gasteiger partial charge in [-0.2, -0.15) is 0 Å². The van der Waals surface area contributed by atoms with Gasteiger partial charge in [-0.25, -0.2) is 4.98 Å². The summed E-state index contributed by atoms with van der Waals surface area (Å²) in [6, 6.07) is 5.17. The van der Waals surface area contributed by atoms with E-state index >= 15 is 0 Å². The minimum atomic E-state index is -0.130. The van der Waals surface area contributed by atoms with Crippen LogP contribution in [-0.4, -0.2) is 29.5 Å². The number of aromatic nitrogens is 2. The number of nitrogens with zero attached hydrogens (tertiary/aromatic N) is 1. The molecule has 0 aliphatic carbocycles. The van der Waals surface area contributed by atoms with Crippen molar-refractivity contribution in [3.05, 3.63) is 42.0 Å². The molecule has 0 saturated carbocycles. The molecule has 0 aliphatic rings. The van der Waals surface area contributed by atoms with Gasteiger partial charge >= 0.3 is 0 Å². The molecular formula is C13H17N5O. The molecule has 0 saturated heterocycles. The molecule has 0 radical (unpaired) electrons. The van der Waals surface area contributed by atoms with Gasteiger partial charge in [-0.3, -0.25) is 4.79 Å². The van der Waals surface area contributed by atoms with Crippen LogP contribution in [0.25, 0.3) is 0 Å². The van der Waals surface area contributed by atoms with E-state index in [0.29, 0.717) is 17.8 Å². The van der Waals surface area contributed by atoms with Gasteiger partial charge in [-0.1, -0.05) is 0 Å². The van der Waals surface area contributed by atoms with Crippen LogP contribution in [0, 0.1) is 0 Å². The number of nitrogens with one attached hydrogen (secondary N) is 3. The van der Waals surface area contributed by atoms with Crippen molar-refractivity contribution in [2.24, 2.45) is 0 Å². The average Bonchev–Trinajstić information content (AvgIpc) is 2.93. The van der Waals surface area contributed by atoms with E-state index in [1.807, 2.05) is 0 Å². The third-order valence-corrected chi connectivity index (χ3v) is 2.77. The van der Waals surface area contributed by atoms with Crippen LogP contribution in [0.4, 0.5) is 11.4 Å². The summed E-state index contributed by atoms with van der Waals surface area (Å²) in [5, 5.41) is 5.79. The Hall–Kier alpha value is -2.50. The van der Waals surface area contributed by atoms with Crippen molar-refractivity contribution < 1.29 is 4.79 Å². The second-order valence-corrected chi connectivity index (χ2v) is 4.09. The topological polar surface area (TPSA) is 95.8 Å². The third-order valence-electron chi connectivity index (χ3n) is 2.77. The molecule has 6 heteroatoms. The zero-order chi connectivity index (χ0) is 13.7. The first-order valence-corrected chi connectivity index (χ1v) is 6.04. The summed E-state index contributed by atoms with van der Waals surface area (Å²) in [4.78, 5) is 18.7. The molecular weight excluding hydrogens is 242 g/mol. The summed E-state index contributed by atoms with van der Waals surface area (Å²) in [7, 11) is 1.60. The molecule has 100 valence electrons. The standard InChI is InChI=1S/C13H17N5O/c1-15-13(19)9-2-3-10(14)11(8-9)16-5-4-12-17-6-7-18-12/h2-3,6-8,16H,4-5,14H2,1H3,(H,15,19)(H,17,18). The normalized spacial score (nSPS) is 10.2. The summed E-state index contributed by atoms with van der Waals surface area (Å²) >= 11 is 0. The highest BCUT2D eigenvalue weighted by Crippen LogP contribution is 2.19. The molecule has 0 spiro atoms. The van der Waals surface area contributed by atoms with Gasteiger partial charge in [0.2, 0.25) is 0 Å². The second-order valence-electron chi connectivity index (χ2n) is 4.09. The molecule has 1 heterocycles. The summed E-state index contributed by atoms with van der Waals surface area (Å²) in [6.45, 7) is 0.689. The Bertz CT molecular complexity index is 550. The number of carbonyl (C=O) groups is 1. The lowest BCUT2D eigenvalue weighted by molar-refractivity contribution is 0.0963. The fraction of sp³-hybridized carbons (Fsp3) is 0.231. The van der Waals surface area contributed by atoms with E-state index in [0.717, 1.165) is 17.9 Å². The van der Waals surface area contributed by atoms with Gasteiger partial charge in [0, 0.05) is 38.0 Å². The molecule has 1 aromatic carbocycles. The number of aromatic amines is 1. The number of nitrogen functional groups attached to an aromatic ring is 1. The van der Waals surface area contributed by atoms with Crippen molar-refractivity contribution >= 4 is 17.3 Å². The number of rotatable bonds is 5. The van der Waals surface area contributed by atoms with Crippen LogP contribution < -0.4 is 16.4 Å². The van der Waals surface area contributed by atoms with Crippen LogP contribution in [0.1, 0.15) is 16.2 Å². The van der Waals surface area contributed by atoms with E-state index in [2.05, 4.69) is 20.6 Å². The molecule has 0 unspecified atom stereocenters. The van der Waals surface area contributed by atoms with Gasteiger partial charge in [-0.05, 0) is 18.2 Å². The van der Waals surface area contributed by atoms with Gasteiger partial charge in [0.05, 0.1) is 11.4 Å². The van der Waals surface area contributed by atoms with Gasteiger partial charge in [0.15, 0.2) is 0 Å². The quantitative estimate of drug-likeness (QED) is 0.602. The minimum Gasteiger partial charge on any atom is -0.397 e. The first-order chi connectivity index (χ1) is 9.20. The number of amides is 1. The Morgan fingerprint density at radius 3 is 3.00 bits per heavy atom. The lowest BCUT2D eigenvalue weighted by Gasteiger charge is -2.10. The lowest BCUT2D eigenvalue weighted by Crippen LogP contribution is -2.18. The van der Waals surface area contributed by atoms with Crippen molar-refractivity contribution in [3.63, 3.8) is 0 Å². The Morgan fingerprint density at radius 2 is 2.32 bits per heavy atom. The molecule has 1 amide bonds. The van der Waals surface area contributed by atoms with E-state index in [1.165, 1.54) is 0 Å². The average molecular weight is 259 g/mol. The number of hydrogen-bond donors (Lipinski definition) is 4. The Labute approximate surface area is 111 Å². The van der Waals surface area contributed by atoms with Crippen molar-refractivity contribution in [1.29, 1.82) is 0 Å². The smallest absolute Gasteiger partial charge is 0.251 e. The third kappa shape index (κ3) is 3.25. The largest absolute Gasteiger partial charge is 0.397 e. The number of benzene rings is 1. The number of H-pyrrole nitrogens is 1. The molecule has 19 heavy (non-hydrogen) atoms. The second kappa shape index (κ2) is 5.90. The molecule has 5 N–H and O–H groups in total. The highest BCUT2D eigenvalue weighted by atomic mass is 16.1. The molecule has 0 atom stereocenters. The van der Waals surface area contributed by atoms with E-state index < -0.39 is 0 Å². The van der Waals surface area contributed by atoms with Crippen LogP contribution in [0.5, 0.6) is 0 Å². The molecule has 6 nitrogen and oxygen atoms in total. The summed E-state index contributed by atoms with van der Waals surface area (Å²) in [5.74, 6) is 0.780. The predicted molar refractivity (Wildman–Crippen MR) is 75.0 cm³/mol. The van der Waals surface area contributed by atoms with E-state index in [4.69, 9.17) is 5.73 Å². The first kappa shape index (κ1) is 12.9. The van der Waals surface area contributed by atoms with Crippen LogP contribution in [0.15, 0.2) is 30.6 Å². The monoisotopic (exact) mass is 259 g/mol. The Morgan fingerprint density at radius 1 is 1.47 bits per heavy atom. The van der Waals surface area contributed by atoms with Gasteiger partial charge < -0.3 is 21.4 Å². The molecule has 2 aromatic rings. The highest BCUT2D eigenvalue weighted by Gasteiger charge is 2.06. The molecule has 0 aliphatic heterocycles. The van der Waals surface area contributed by atoms with Crippen molar-refractivity contribution in [2.45, 2.75) is 6.42 Å². The molecule has 0 fully saturated rings. The number of anilines is 2. The van der Waals surface area contributed by atoms with Gasteiger partial charge in [-0.15, -0.1) is 0 Å². The Balaban J connectivity index is 2.00. The summed E-state index contributed by atoms with van der Waals surface area (Å²) in [5.41, 5.74) is 7.83. The first-order valence-electron chi connectivity index (χ1n) is 6.04. The fourth-order valence-electron chi connectivity index (χ4n) is 1.75. The van der Waals surface area contributed by atoms with Crippen LogP contribution >= 0.6 is 0 Å². The van der Waals surface area contributed by atoms with Crippen LogP contribution in [0.2, 0.25) is 0 Å². The van der Waals surface area contributed by atoms with Crippen LogP contribution in [-0.2, 0) is 6.42 Å². The van der Waals surface area contributed by atoms with Crippen LogP contribution in [0.3, 0.4) is 0 Å². The maximum Gasteiger partial charge on any atom is 0.251 e. The number of imidazole rings is 1. The van der Waals surface area contributed by atoms with Crippen molar-refractivity contribution in [2.75, 3.05) is 24.6 Å². The summed E-state index contributed by atoms with van der Waals surface area (Å²) < 4.78 is 0. The molecule has 0 bridgehead atoms. The zero-order valence-corrected chi connectivity index (χ0v) is 10.7. The van der Waals surface area contributed by atoms with Crippen molar-refractivity contribution in [3.8, 4) is 0 Å².